The minimum Gasteiger partial charge on any atom is -0.143 e. The Hall–Kier alpha value is -1.21. The van der Waals surface area contributed by atoms with Gasteiger partial charge in [0.1, 0.15) is 0 Å². The molecular weight excluding hydrogens is 224 g/mol. The van der Waals surface area contributed by atoms with Crippen LogP contribution in [0, 0.1) is 0 Å². The summed E-state index contributed by atoms with van der Waals surface area (Å²) in [5, 5.41) is 0. The fraction of sp³-hybridized carbons (Fsp3) is 0.250. The molecule has 0 heterocycles. The number of hydrogen-bond donors (Lipinski definition) is 1. The summed E-state index contributed by atoms with van der Waals surface area (Å²) in [6.45, 7) is 4.40. The van der Waals surface area contributed by atoms with E-state index in [1.165, 1.54) is 22.3 Å². The molecule has 0 bridgehead atoms. The van der Waals surface area contributed by atoms with Gasteiger partial charge in [-0.15, -0.1) is 12.6 Å². The quantitative estimate of drug-likeness (QED) is 0.737. The Labute approximate surface area is 109 Å². The summed E-state index contributed by atoms with van der Waals surface area (Å²) < 4.78 is 0. The zero-order valence-corrected chi connectivity index (χ0v) is 11.3. The third-order valence-corrected chi connectivity index (χ3v) is 3.54. The van der Waals surface area contributed by atoms with Gasteiger partial charge in [0.25, 0.3) is 0 Å². The number of rotatable bonds is 3. The highest BCUT2D eigenvalue weighted by atomic mass is 32.1. The van der Waals surface area contributed by atoms with Crippen molar-refractivity contribution < 1.29 is 0 Å². The molecule has 17 heavy (non-hydrogen) atoms. The molecule has 0 spiro atoms. The van der Waals surface area contributed by atoms with Gasteiger partial charge in [-0.25, -0.2) is 0 Å². The molecule has 0 fully saturated rings. The zero-order valence-electron chi connectivity index (χ0n) is 10.4. The summed E-state index contributed by atoms with van der Waals surface area (Å²) in [6.07, 6.45) is 2.15. The number of benzene rings is 2. The van der Waals surface area contributed by atoms with Gasteiger partial charge in [0, 0.05) is 4.90 Å². The van der Waals surface area contributed by atoms with Crippen molar-refractivity contribution in [3.8, 4) is 11.1 Å². The number of hydrogen-bond acceptors (Lipinski definition) is 1. The Morgan fingerprint density at radius 1 is 0.882 bits per heavy atom. The molecule has 2 aromatic rings. The molecule has 0 aromatic heterocycles. The van der Waals surface area contributed by atoms with E-state index in [2.05, 4.69) is 56.8 Å². The van der Waals surface area contributed by atoms with E-state index in [0.29, 0.717) is 0 Å². The standard InChI is InChI=1S/C16H18S/c1-3-12-9-10-14(13(4-2)11-12)15-7-5-6-8-16(15)17/h5-11,17H,3-4H2,1-2H3. The monoisotopic (exact) mass is 242 g/mol. The van der Waals surface area contributed by atoms with Crippen LogP contribution in [0.3, 0.4) is 0 Å². The highest BCUT2D eigenvalue weighted by molar-refractivity contribution is 7.80. The normalized spacial score (nSPS) is 10.5. The van der Waals surface area contributed by atoms with Crippen molar-refractivity contribution in [2.45, 2.75) is 31.6 Å². The molecule has 0 saturated carbocycles. The van der Waals surface area contributed by atoms with Gasteiger partial charge in [0.05, 0.1) is 0 Å². The summed E-state index contributed by atoms with van der Waals surface area (Å²) in [4.78, 5) is 1.05. The third kappa shape index (κ3) is 2.55. The average molecular weight is 242 g/mol. The van der Waals surface area contributed by atoms with Gasteiger partial charge in [-0.3, -0.25) is 0 Å². The maximum atomic E-state index is 4.54. The lowest BCUT2D eigenvalue weighted by molar-refractivity contribution is 1.09. The van der Waals surface area contributed by atoms with Crippen LogP contribution in [0.25, 0.3) is 11.1 Å². The van der Waals surface area contributed by atoms with E-state index >= 15 is 0 Å². The fourth-order valence-corrected chi connectivity index (χ4v) is 2.40. The Morgan fingerprint density at radius 2 is 1.65 bits per heavy atom. The Kier molecular flexibility index (Phi) is 3.90. The van der Waals surface area contributed by atoms with Crippen LogP contribution < -0.4 is 0 Å². The molecule has 0 atom stereocenters. The molecule has 0 aliphatic rings. The highest BCUT2D eigenvalue weighted by Gasteiger charge is 2.06. The Balaban J connectivity index is 2.56. The van der Waals surface area contributed by atoms with E-state index in [1.54, 1.807) is 0 Å². The topological polar surface area (TPSA) is 0 Å². The van der Waals surface area contributed by atoms with Gasteiger partial charge in [0.2, 0.25) is 0 Å². The third-order valence-electron chi connectivity index (χ3n) is 3.15. The van der Waals surface area contributed by atoms with Gasteiger partial charge in [-0.1, -0.05) is 50.2 Å². The van der Waals surface area contributed by atoms with Crippen LogP contribution in [0.5, 0.6) is 0 Å². The van der Waals surface area contributed by atoms with Gasteiger partial charge in [-0.2, -0.15) is 0 Å². The van der Waals surface area contributed by atoms with Gasteiger partial charge >= 0.3 is 0 Å². The summed E-state index contributed by atoms with van der Waals surface area (Å²) in [5.41, 5.74) is 5.36. The second-order valence-electron chi connectivity index (χ2n) is 4.22. The van der Waals surface area contributed by atoms with E-state index in [1.807, 2.05) is 12.1 Å². The molecular formula is C16H18S. The predicted octanol–water partition coefficient (Wildman–Crippen LogP) is 4.77. The van der Waals surface area contributed by atoms with E-state index in [0.717, 1.165) is 17.7 Å². The number of thiol groups is 1. The molecule has 0 aliphatic carbocycles. The van der Waals surface area contributed by atoms with Crippen molar-refractivity contribution in [1.82, 2.24) is 0 Å². The van der Waals surface area contributed by atoms with Crippen LogP contribution in [-0.2, 0) is 12.8 Å². The second kappa shape index (κ2) is 5.42. The first kappa shape index (κ1) is 12.3. The van der Waals surface area contributed by atoms with E-state index in [-0.39, 0.29) is 0 Å². The molecule has 88 valence electrons. The summed E-state index contributed by atoms with van der Waals surface area (Å²) >= 11 is 4.54. The van der Waals surface area contributed by atoms with Crippen molar-refractivity contribution in [2.24, 2.45) is 0 Å². The molecule has 0 amide bonds. The van der Waals surface area contributed by atoms with E-state index in [4.69, 9.17) is 0 Å². The maximum absolute atomic E-state index is 4.54. The lowest BCUT2D eigenvalue weighted by Crippen LogP contribution is -1.91. The van der Waals surface area contributed by atoms with Crippen molar-refractivity contribution in [3.63, 3.8) is 0 Å². The van der Waals surface area contributed by atoms with Crippen LogP contribution in [0.2, 0.25) is 0 Å². The van der Waals surface area contributed by atoms with Gasteiger partial charge in [0.15, 0.2) is 0 Å². The molecule has 0 radical (unpaired) electrons. The number of aryl methyl sites for hydroxylation is 2. The van der Waals surface area contributed by atoms with Crippen LogP contribution in [0.1, 0.15) is 25.0 Å². The van der Waals surface area contributed by atoms with Crippen molar-refractivity contribution in [1.29, 1.82) is 0 Å². The lowest BCUT2D eigenvalue weighted by Gasteiger charge is -2.12. The fourth-order valence-electron chi connectivity index (χ4n) is 2.12. The first-order chi connectivity index (χ1) is 8.26. The lowest BCUT2D eigenvalue weighted by atomic mass is 9.95. The van der Waals surface area contributed by atoms with E-state index < -0.39 is 0 Å². The second-order valence-corrected chi connectivity index (χ2v) is 4.70. The molecule has 0 N–H and O–H groups in total. The molecule has 0 saturated heterocycles. The highest BCUT2D eigenvalue weighted by Crippen LogP contribution is 2.30. The SMILES string of the molecule is CCc1ccc(-c2ccccc2S)c(CC)c1. The minimum atomic E-state index is 1.05. The van der Waals surface area contributed by atoms with Crippen LogP contribution in [0.4, 0.5) is 0 Å². The molecule has 2 aromatic carbocycles. The van der Waals surface area contributed by atoms with Crippen LogP contribution >= 0.6 is 12.6 Å². The van der Waals surface area contributed by atoms with Crippen molar-refractivity contribution in [3.05, 3.63) is 53.6 Å². The van der Waals surface area contributed by atoms with Gasteiger partial charge < -0.3 is 0 Å². The van der Waals surface area contributed by atoms with Crippen LogP contribution in [0.15, 0.2) is 47.4 Å². The average Bonchev–Trinajstić information content (AvgIpc) is 2.38. The van der Waals surface area contributed by atoms with Crippen LogP contribution in [-0.4, -0.2) is 0 Å². The summed E-state index contributed by atoms with van der Waals surface area (Å²) in [7, 11) is 0. The molecule has 0 aliphatic heterocycles. The Bertz CT molecular complexity index is 515. The summed E-state index contributed by atoms with van der Waals surface area (Å²) in [5.74, 6) is 0. The summed E-state index contributed by atoms with van der Waals surface area (Å²) in [6, 6.07) is 15.0. The van der Waals surface area contributed by atoms with Crippen molar-refractivity contribution >= 4 is 12.6 Å². The molecule has 0 nitrogen and oxygen atoms in total. The smallest absolute Gasteiger partial charge is 0.0119 e. The molecule has 0 unspecified atom stereocenters. The molecule has 1 heteroatoms. The predicted molar refractivity (Wildman–Crippen MR) is 77.9 cm³/mol. The largest absolute Gasteiger partial charge is 0.143 e. The zero-order chi connectivity index (χ0) is 12.3. The maximum Gasteiger partial charge on any atom is 0.0119 e. The minimum absolute atomic E-state index is 1.05. The van der Waals surface area contributed by atoms with Gasteiger partial charge in [-0.05, 0) is 41.2 Å². The Morgan fingerprint density at radius 3 is 2.29 bits per heavy atom. The van der Waals surface area contributed by atoms with E-state index in [9.17, 15) is 0 Å². The van der Waals surface area contributed by atoms with Crippen molar-refractivity contribution in [2.75, 3.05) is 0 Å². The first-order valence-electron chi connectivity index (χ1n) is 6.16. The molecule has 2 rings (SSSR count). The first-order valence-corrected chi connectivity index (χ1v) is 6.61.